The normalized spacial score (nSPS) is 10.7. The van der Waals surface area contributed by atoms with E-state index in [1.165, 1.54) is 6.42 Å². The van der Waals surface area contributed by atoms with Crippen LogP contribution in [-0.2, 0) is 0 Å². The van der Waals surface area contributed by atoms with E-state index in [0.717, 1.165) is 6.54 Å². The summed E-state index contributed by atoms with van der Waals surface area (Å²) < 4.78 is 0. The maximum absolute atomic E-state index is 3.37. The van der Waals surface area contributed by atoms with Gasteiger partial charge in [-0.2, -0.15) is 0 Å². The maximum Gasteiger partial charge on any atom is 0.00965 e. The molecule has 0 rings (SSSR count). The fraction of sp³-hybridized carbons (Fsp3) is 1.00. The number of nitrogens with one attached hydrogen (secondary N) is 1. The van der Waals surface area contributed by atoms with Crippen LogP contribution in [0.3, 0.4) is 0 Å². The molecule has 0 spiro atoms. The van der Waals surface area contributed by atoms with E-state index in [1.807, 2.05) is 0 Å². The summed E-state index contributed by atoms with van der Waals surface area (Å²) >= 11 is 0. The third-order valence-electron chi connectivity index (χ3n) is 0.905. The molecule has 2 heteroatoms. The minimum Gasteiger partial charge on any atom is -0.312 e. The van der Waals surface area contributed by atoms with Gasteiger partial charge in [0.2, 0.25) is 0 Å². The van der Waals surface area contributed by atoms with Crippen molar-refractivity contribution in [2.75, 3.05) is 6.54 Å². The van der Waals surface area contributed by atoms with Crippen LogP contribution in [0.2, 0.25) is 0 Å². The lowest BCUT2D eigenvalue weighted by atomic mass is 10.1. The molecule has 0 aromatic carbocycles. The van der Waals surface area contributed by atoms with Crippen molar-refractivity contribution in [3.63, 3.8) is 0 Å². The molecule has 0 aromatic rings. The first-order valence-corrected chi connectivity index (χ1v) is 3.31. The molecule has 0 aliphatic heterocycles. The molecule has 0 aromatic heterocycles. The Labute approximate surface area is 64.6 Å². The first kappa shape index (κ1) is 12.0. The Morgan fingerprint density at radius 1 is 1.22 bits per heavy atom. The molecule has 0 atom stereocenters. The van der Waals surface area contributed by atoms with Gasteiger partial charge in [-0.05, 0) is 33.7 Å². The molecule has 0 radical (unpaired) electrons. The minimum absolute atomic E-state index is 0. The Hall–Kier alpha value is 0.250. The molecule has 0 bridgehead atoms. The van der Waals surface area contributed by atoms with Gasteiger partial charge in [-0.15, -0.1) is 12.4 Å². The molecule has 0 saturated heterocycles. The van der Waals surface area contributed by atoms with E-state index in [1.54, 1.807) is 0 Å². The SMILES string of the molecule is CCCNC(C)(C)C.Cl. The van der Waals surface area contributed by atoms with Crippen molar-refractivity contribution in [1.29, 1.82) is 0 Å². The summed E-state index contributed by atoms with van der Waals surface area (Å²) in [6, 6.07) is 0. The van der Waals surface area contributed by atoms with Crippen LogP contribution in [0.4, 0.5) is 0 Å². The van der Waals surface area contributed by atoms with Gasteiger partial charge in [-0.3, -0.25) is 0 Å². The summed E-state index contributed by atoms with van der Waals surface area (Å²) in [7, 11) is 0. The highest BCUT2D eigenvalue weighted by Gasteiger charge is 2.05. The smallest absolute Gasteiger partial charge is 0.00965 e. The van der Waals surface area contributed by atoms with Crippen LogP contribution >= 0.6 is 12.4 Å². The van der Waals surface area contributed by atoms with Crippen LogP contribution in [0, 0.1) is 0 Å². The van der Waals surface area contributed by atoms with E-state index in [-0.39, 0.29) is 12.4 Å². The van der Waals surface area contributed by atoms with Gasteiger partial charge in [0.15, 0.2) is 0 Å². The molecule has 1 nitrogen and oxygen atoms in total. The molecule has 9 heavy (non-hydrogen) atoms. The van der Waals surface area contributed by atoms with Gasteiger partial charge in [-0.25, -0.2) is 0 Å². The molecule has 0 aliphatic carbocycles. The molecule has 0 unspecified atom stereocenters. The van der Waals surface area contributed by atoms with Crippen LogP contribution in [-0.4, -0.2) is 12.1 Å². The van der Waals surface area contributed by atoms with Gasteiger partial charge in [0, 0.05) is 5.54 Å². The highest BCUT2D eigenvalue weighted by Crippen LogP contribution is 1.96. The zero-order chi connectivity index (χ0) is 6.62. The Morgan fingerprint density at radius 2 is 1.67 bits per heavy atom. The van der Waals surface area contributed by atoms with Crippen LogP contribution in [0.1, 0.15) is 34.1 Å². The summed E-state index contributed by atoms with van der Waals surface area (Å²) in [6.07, 6.45) is 1.22. The van der Waals surface area contributed by atoms with E-state index in [4.69, 9.17) is 0 Å². The van der Waals surface area contributed by atoms with E-state index >= 15 is 0 Å². The first-order chi connectivity index (χ1) is 3.56. The lowest BCUT2D eigenvalue weighted by molar-refractivity contribution is 0.427. The van der Waals surface area contributed by atoms with E-state index < -0.39 is 0 Å². The number of halogens is 1. The Morgan fingerprint density at radius 3 is 1.78 bits per heavy atom. The summed E-state index contributed by atoms with van der Waals surface area (Å²) in [5, 5.41) is 3.37. The third-order valence-corrected chi connectivity index (χ3v) is 0.905. The monoisotopic (exact) mass is 151 g/mol. The fourth-order valence-corrected chi connectivity index (χ4v) is 0.500. The van der Waals surface area contributed by atoms with E-state index in [9.17, 15) is 0 Å². The van der Waals surface area contributed by atoms with Crippen LogP contribution in [0.15, 0.2) is 0 Å². The Kier molecular flexibility index (Phi) is 6.74. The number of hydrogen-bond donors (Lipinski definition) is 1. The number of rotatable bonds is 2. The van der Waals surface area contributed by atoms with Gasteiger partial charge >= 0.3 is 0 Å². The first-order valence-electron chi connectivity index (χ1n) is 3.31. The Bertz CT molecular complexity index is 56.4. The van der Waals surface area contributed by atoms with Crippen LogP contribution in [0.5, 0.6) is 0 Å². The summed E-state index contributed by atoms with van der Waals surface area (Å²) in [5.74, 6) is 0. The second-order valence-corrected chi connectivity index (χ2v) is 3.18. The van der Waals surface area contributed by atoms with E-state index in [2.05, 4.69) is 33.0 Å². The van der Waals surface area contributed by atoms with Crippen molar-refractivity contribution in [2.45, 2.75) is 39.7 Å². The molecular formula is C7H18ClN. The molecule has 0 saturated carbocycles. The van der Waals surface area contributed by atoms with Crippen molar-refractivity contribution in [3.8, 4) is 0 Å². The second-order valence-electron chi connectivity index (χ2n) is 3.18. The van der Waals surface area contributed by atoms with Gasteiger partial charge in [-0.1, -0.05) is 6.92 Å². The average Bonchev–Trinajstić information content (AvgIpc) is 1.59. The molecular weight excluding hydrogens is 134 g/mol. The lowest BCUT2D eigenvalue weighted by Crippen LogP contribution is -2.36. The minimum atomic E-state index is 0. The van der Waals surface area contributed by atoms with Crippen molar-refractivity contribution in [1.82, 2.24) is 5.32 Å². The molecule has 1 N–H and O–H groups in total. The molecule has 58 valence electrons. The summed E-state index contributed by atoms with van der Waals surface area (Å²) in [6.45, 7) is 9.86. The molecule has 0 aliphatic rings. The molecule has 0 fully saturated rings. The lowest BCUT2D eigenvalue weighted by Gasteiger charge is -2.19. The highest BCUT2D eigenvalue weighted by atomic mass is 35.5. The zero-order valence-electron chi connectivity index (χ0n) is 6.82. The predicted molar refractivity (Wildman–Crippen MR) is 45.3 cm³/mol. The van der Waals surface area contributed by atoms with Crippen molar-refractivity contribution < 1.29 is 0 Å². The molecule has 0 heterocycles. The Balaban J connectivity index is 0. The van der Waals surface area contributed by atoms with Gasteiger partial charge in [0.25, 0.3) is 0 Å². The largest absolute Gasteiger partial charge is 0.312 e. The van der Waals surface area contributed by atoms with Crippen molar-refractivity contribution in [3.05, 3.63) is 0 Å². The zero-order valence-corrected chi connectivity index (χ0v) is 7.64. The topological polar surface area (TPSA) is 12.0 Å². The maximum atomic E-state index is 3.37. The van der Waals surface area contributed by atoms with Gasteiger partial charge in [0.05, 0.1) is 0 Å². The van der Waals surface area contributed by atoms with Crippen LogP contribution in [0.25, 0.3) is 0 Å². The van der Waals surface area contributed by atoms with Gasteiger partial charge in [0.1, 0.15) is 0 Å². The number of hydrogen-bond acceptors (Lipinski definition) is 1. The quantitative estimate of drug-likeness (QED) is 0.638. The molecule has 0 amide bonds. The highest BCUT2D eigenvalue weighted by molar-refractivity contribution is 5.85. The van der Waals surface area contributed by atoms with Crippen molar-refractivity contribution in [2.24, 2.45) is 0 Å². The third kappa shape index (κ3) is 11.7. The summed E-state index contributed by atoms with van der Waals surface area (Å²) in [5.41, 5.74) is 0.302. The van der Waals surface area contributed by atoms with Crippen molar-refractivity contribution >= 4 is 12.4 Å². The van der Waals surface area contributed by atoms with Crippen LogP contribution < -0.4 is 5.32 Å². The van der Waals surface area contributed by atoms with E-state index in [0.29, 0.717) is 5.54 Å². The standard InChI is InChI=1S/C7H17N.ClH/c1-5-6-8-7(2,3)4;/h8H,5-6H2,1-4H3;1H. The van der Waals surface area contributed by atoms with Gasteiger partial charge < -0.3 is 5.32 Å². The second kappa shape index (κ2) is 5.07. The summed E-state index contributed by atoms with van der Waals surface area (Å²) in [4.78, 5) is 0. The predicted octanol–water partition coefficient (Wildman–Crippen LogP) is 2.21. The average molecular weight is 152 g/mol. The fourth-order valence-electron chi connectivity index (χ4n) is 0.500.